The number of aliphatic hydroxyl groups is 1. The van der Waals surface area contributed by atoms with E-state index in [0.717, 1.165) is 4.90 Å². The van der Waals surface area contributed by atoms with Crippen LogP contribution in [0.2, 0.25) is 0 Å². The summed E-state index contributed by atoms with van der Waals surface area (Å²) in [5.74, 6) is -1.32. The van der Waals surface area contributed by atoms with Crippen LogP contribution < -0.4 is 5.32 Å². The average Bonchev–Trinajstić information content (AvgIpc) is 2.79. The lowest BCUT2D eigenvalue weighted by molar-refractivity contribution is -0.141. The molecule has 2 amide bonds. The van der Waals surface area contributed by atoms with E-state index in [1.165, 1.54) is 0 Å². The van der Waals surface area contributed by atoms with Gasteiger partial charge in [0.25, 0.3) is 0 Å². The molecule has 114 valence electrons. The predicted octanol–water partition coefficient (Wildman–Crippen LogP) is -1.21. The number of rotatable bonds is 2. The van der Waals surface area contributed by atoms with Gasteiger partial charge in [-0.3, -0.25) is 0 Å². The van der Waals surface area contributed by atoms with Crippen LogP contribution in [0, 0.1) is 0 Å². The van der Waals surface area contributed by atoms with Crippen molar-refractivity contribution >= 4 is 21.8 Å². The number of carbonyl (C=O) groups excluding carboxylic acids is 1. The summed E-state index contributed by atoms with van der Waals surface area (Å²) in [4.78, 5) is 24.2. The number of carboxylic acids is 1. The second kappa shape index (κ2) is 4.88. The summed E-state index contributed by atoms with van der Waals surface area (Å²) in [5, 5.41) is 21.1. The monoisotopic (exact) mass is 306 g/mol. The molecule has 20 heavy (non-hydrogen) atoms. The standard InChI is InChI=1S/C11H18N2O6S/c1-11(2-3-20(18,19)6-11)12-10(17)13-5-7(14)4-8(13)9(15)16/h7-8,14H,2-6H2,1H3,(H,12,17)(H,15,16). The maximum Gasteiger partial charge on any atom is 0.326 e. The highest BCUT2D eigenvalue weighted by Crippen LogP contribution is 2.25. The molecule has 2 aliphatic heterocycles. The first kappa shape index (κ1) is 15.0. The number of carbonyl (C=O) groups is 2. The quantitative estimate of drug-likeness (QED) is 0.588. The third-order valence-corrected chi connectivity index (χ3v) is 5.64. The molecular weight excluding hydrogens is 288 g/mol. The molecule has 2 heterocycles. The number of nitrogens with one attached hydrogen (secondary N) is 1. The number of hydrogen-bond donors (Lipinski definition) is 3. The highest BCUT2D eigenvalue weighted by Gasteiger charge is 2.44. The summed E-state index contributed by atoms with van der Waals surface area (Å²) in [6, 6.07) is -1.72. The Bertz CT molecular complexity index is 533. The number of nitrogens with zero attached hydrogens (tertiary/aromatic N) is 1. The van der Waals surface area contributed by atoms with Crippen molar-refractivity contribution in [3.63, 3.8) is 0 Å². The number of aliphatic hydroxyl groups excluding tert-OH is 1. The van der Waals surface area contributed by atoms with Crippen molar-refractivity contribution in [2.45, 2.75) is 37.5 Å². The molecule has 0 aromatic carbocycles. The molecule has 3 N–H and O–H groups in total. The molecule has 0 aliphatic carbocycles. The number of β-amino-alcohol motifs (C(OH)–C–C–N with tert-alkyl or cyclic N) is 1. The maximum atomic E-state index is 12.1. The fourth-order valence-corrected chi connectivity index (χ4v) is 4.80. The van der Waals surface area contributed by atoms with Gasteiger partial charge in [0.1, 0.15) is 6.04 Å². The van der Waals surface area contributed by atoms with Gasteiger partial charge in [-0.15, -0.1) is 0 Å². The summed E-state index contributed by atoms with van der Waals surface area (Å²) in [6.45, 7) is 1.56. The number of aliphatic carboxylic acids is 1. The van der Waals surface area contributed by atoms with Gasteiger partial charge >= 0.3 is 12.0 Å². The number of carboxylic acid groups (broad SMARTS) is 1. The van der Waals surface area contributed by atoms with Crippen LogP contribution in [-0.4, -0.2) is 71.3 Å². The van der Waals surface area contributed by atoms with Crippen LogP contribution in [-0.2, 0) is 14.6 Å². The molecule has 2 saturated heterocycles. The summed E-state index contributed by atoms with van der Waals surface area (Å²) < 4.78 is 22.9. The molecule has 0 aromatic rings. The van der Waals surface area contributed by atoms with Crippen molar-refractivity contribution in [2.24, 2.45) is 0 Å². The molecule has 9 heteroatoms. The van der Waals surface area contributed by atoms with Crippen molar-refractivity contribution in [1.29, 1.82) is 0 Å². The Hall–Kier alpha value is -1.35. The van der Waals surface area contributed by atoms with E-state index in [1.807, 2.05) is 0 Å². The zero-order valence-electron chi connectivity index (χ0n) is 11.1. The highest BCUT2D eigenvalue weighted by molar-refractivity contribution is 7.91. The molecule has 0 spiro atoms. The van der Waals surface area contributed by atoms with Crippen molar-refractivity contribution in [3.8, 4) is 0 Å². The Labute approximate surface area is 116 Å². The van der Waals surface area contributed by atoms with Gasteiger partial charge in [-0.05, 0) is 13.3 Å². The first-order valence-corrected chi connectivity index (χ1v) is 8.14. The van der Waals surface area contributed by atoms with Gasteiger partial charge in [-0.2, -0.15) is 0 Å². The van der Waals surface area contributed by atoms with Gasteiger partial charge in [-0.1, -0.05) is 0 Å². The number of likely N-dealkylation sites (tertiary alicyclic amines) is 1. The Balaban J connectivity index is 2.07. The molecule has 2 aliphatic rings. The van der Waals surface area contributed by atoms with Gasteiger partial charge < -0.3 is 20.4 Å². The Morgan fingerprint density at radius 2 is 2.05 bits per heavy atom. The molecule has 0 saturated carbocycles. The van der Waals surface area contributed by atoms with Crippen LogP contribution >= 0.6 is 0 Å². The number of urea groups is 1. The third kappa shape index (κ3) is 3.04. The lowest BCUT2D eigenvalue weighted by Crippen LogP contribution is -2.54. The van der Waals surface area contributed by atoms with E-state index < -0.39 is 39.5 Å². The molecule has 0 radical (unpaired) electrons. The van der Waals surface area contributed by atoms with Crippen LogP contribution in [0.4, 0.5) is 4.79 Å². The lowest BCUT2D eigenvalue weighted by Gasteiger charge is -2.29. The first-order chi connectivity index (χ1) is 9.12. The van der Waals surface area contributed by atoms with Crippen molar-refractivity contribution in [1.82, 2.24) is 10.2 Å². The Kier molecular flexibility index (Phi) is 3.67. The number of hydrogen-bond acceptors (Lipinski definition) is 5. The van der Waals surface area contributed by atoms with E-state index in [9.17, 15) is 23.1 Å². The topological polar surface area (TPSA) is 124 Å². The number of sulfone groups is 1. The van der Waals surface area contributed by atoms with E-state index in [0.29, 0.717) is 6.42 Å². The Morgan fingerprint density at radius 3 is 2.55 bits per heavy atom. The zero-order chi connectivity index (χ0) is 15.1. The van der Waals surface area contributed by atoms with Crippen molar-refractivity contribution < 1.29 is 28.2 Å². The van der Waals surface area contributed by atoms with Gasteiger partial charge in [0.2, 0.25) is 0 Å². The second-order valence-electron chi connectivity index (χ2n) is 5.73. The lowest BCUT2D eigenvalue weighted by atomic mass is 10.0. The predicted molar refractivity (Wildman–Crippen MR) is 69.0 cm³/mol. The van der Waals surface area contributed by atoms with E-state index in [-0.39, 0.29) is 24.5 Å². The number of amides is 2. The van der Waals surface area contributed by atoms with Gasteiger partial charge in [-0.25, -0.2) is 18.0 Å². The molecule has 3 atom stereocenters. The fourth-order valence-electron chi connectivity index (χ4n) is 2.71. The maximum absolute atomic E-state index is 12.1. The van der Waals surface area contributed by atoms with Gasteiger partial charge in [0.05, 0.1) is 23.1 Å². The largest absolute Gasteiger partial charge is 0.480 e. The smallest absolute Gasteiger partial charge is 0.326 e. The van der Waals surface area contributed by atoms with Crippen LogP contribution in [0.3, 0.4) is 0 Å². The normalized spacial score (nSPS) is 36.0. The third-order valence-electron chi connectivity index (χ3n) is 3.74. The molecule has 2 rings (SSSR count). The summed E-state index contributed by atoms with van der Waals surface area (Å²) in [7, 11) is -3.16. The van der Waals surface area contributed by atoms with Crippen LogP contribution in [0.1, 0.15) is 19.8 Å². The molecule has 0 aromatic heterocycles. The average molecular weight is 306 g/mol. The summed E-state index contributed by atoms with van der Waals surface area (Å²) in [5.41, 5.74) is -0.882. The first-order valence-electron chi connectivity index (χ1n) is 6.32. The van der Waals surface area contributed by atoms with E-state index in [1.54, 1.807) is 6.92 Å². The minimum Gasteiger partial charge on any atom is -0.480 e. The summed E-state index contributed by atoms with van der Waals surface area (Å²) >= 11 is 0. The van der Waals surface area contributed by atoms with E-state index in [4.69, 9.17) is 5.11 Å². The van der Waals surface area contributed by atoms with Crippen molar-refractivity contribution in [2.75, 3.05) is 18.1 Å². The van der Waals surface area contributed by atoms with Crippen LogP contribution in [0.5, 0.6) is 0 Å². The zero-order valence-corrected chi connectivity index (χ0v) is 11.9. The molecule has 0 bridgehead atoms. The second-order valence-corrected chi connectivity index (χ2v) is 7.91. The van der Waals surface area contributed by atoms with Crippen molar-refractivity contribution in [3.05, 3.63) is 0 Å². The molecule has 3 unspecified atom stereocenters. The molecule has 8 nitrogen and oxygen atoms in total. The highest BCUT2D eigenvalue weighted by atomic mass is 32.2. The van der Waals surface area contributed by atoms with Crippen LogP contribution in [0.15, 0.2) is 0 Å². The summed E-state index contributed by atoms with van der Waals surface area (Å²) in [6.07, 6.45) is -0.588. The van der Waals surface area contributed by atoms with Crippen LogP contribution in [0.25, 0.3) is 0 Å². The van der Waals surface area contributed by atoms with Gasteiger partial charge in [0.15, 0.2) is 9.84 Å². The van der Waals surface area contributed by atoms with Gasteiger partial charge in [0, 0.05) is 13.0 Å². The molecule has 2 fully saturated rings. The minimum absolute atomic E-state index is 0.00869. The minimum atomic E-state index is -3.16. The van der Waals surface area contributed by atoms with E-state index >= 15 is 0 Å². The fraction of sp³-hybridized carbons (Fsp3) is 0.818. The molecular formula is C11H18N2O6S. The SMILES string of the molecule is CC1(NC(=O)N2CC(O)CC2C(=O)O)CCS(=O)(=O)C1. The van der Waals surface area contributed by atoms with E-state index in [2.05, 4.69) is 5.32 Å². The Morgan fingerprint density at radius 1 is 1.40 bits per heavy atom.